The highest BCUT2D eigenvalue weighted by Crippen LogP contribution is 2.23. The molecule has 0 radical (unpaired) electrons. The van der Waals surface area contributed by atoms with Crippen molar-refractivity contribution in [1.82, 2.24) is 10.2 Å². The van der Waals surface area contributed by atoms with E-state index in [0.717, 1.165) is 32.4 Å². The van der Waals surface area contributed by atoms with E-state index in [1.54, 1.807) is 23.1 Å². The normalized spacial score (nSPS) is 10.5. The molecule has 6 heteroatoms. The van der Waals surface area contributed by atoms with Crippen LogP contribution in [0.25, 0.3) is 0 Å². The SMILES string of the molecule is Cc1nnc(SCCNc2ccccc2Cl)s1. The van der Waals surface area contributed by atoms with Crippen molar-refractivity contribution in [3.8, 4) is 0 Å². The van der Waals surface area contributed by atoms with Crippen LogP contribution in [0.4, 0.5) is 5.69 Å². The van der Waals surface area contributed by atoms with E-state index in [-0.39, 0.29) is 0 Å². The molecule has 0 unspecified atom stereocenters. The van der Waals surface area contributed by atoms with Gasteiger partial charge in [-0.15, -0.1) is 10.2 Å². The van der Waals surface area contributed by atoms with Crippen molar-refractivity contribution in [2.75, 3.05) is 17.6 Å². The molecule has 0 atom stereocenters. The number of nitrogens with zero attached hydrogens (tertiary/aromatic N) is 2. The number of rotatable bonds is 5. The van der Waals surface area contributed by atoms with Crippen LogP contribution in [0.2, 0.25) is 5.02 Å². The molecule has 0 aliphatic heterocycles. The summed E-state index contributed by atoms with van der Waals surface area (Å²) < 4.78 is 1.02. The van der Waals surface area contributed by atoms with Crippen LogP contribution in [0.15, 0.2) is 28.6 Å². The van der Waals surface area contributed by atoms with Crippen LogP contribution in [0.1, 0.15) is 5.01 Å². The van der Waals surface area contributed by atoms with Crippen molar-refractivity contribution in [2.24, 2.45) is 0 Å². The smallest absolute Gasteiger partial charge is 0.174 e. The second-order valence-corrected chi connectivity index (χ2v) is 6.27. The van der Waals surface area contributed by atoms with Gasteiger partial charge in [-0.25, -0.2) is 0 Å². The zero-order chi connectivity index (χ0) is 12.1. The summed E-state index contributed by atoms with van der Waals surface area (Å²) in [7, 11) is 0. The molecule has 0 bridgehead atoms. The Bertz CT molecular complexity index is 487. The van der Waals surface area contributed by atoms with Crippen LogP contribution >= 0.6 is 34.7 Å². The molecule has 17 heavy (non-hydrogen) atoms. The van der Waals surface area contributed by atoms with E-state index in [2.05, 4.69) is 15.5 Å². The van der Waals surface area contributed by atoms with Crippen molar-refractivity contribution in [3.63, 3.8) is 0 Å². The average molecular weight is 286 g/mol. The van der Waals surface area contributed by atoms with E-state index in [4.69, 9.17) is 11.6 Å². The molecular weight excluding hydrogens is 274 g/mol. The number of anilines is 1. The number of hydrogen-bond donors (Lipinski definition) is 1. The van der Waals surface area contributed by atoms with Crippen LogP contribution in [-0.4, -0.2) is 22.5 Å². The lowest BCUT2D eigenvalue weighted by atomic mass is 10.3. The minimum atomic E-state index is 0.754. The molecule has 2 aromatic rings. The van der Waals surface area contributed by atoms with Crippen molar-refractivity contribution in [3.05, 3.63) is 34.3 Å². The van der Waals surface area contributed by atoms with E-state index >= 15 is 0 Å². The summed E-state index contributed by atoms with van der Waals surface area (Å²) in [6, 6.07) is 7.75. The van der Waals surface area contributed by atoms with Crippen LogP contribution in [0.3, 0.4) is 0 Å². The van der Waals surface area contributed by atoms with Gasteiger partial charge < -0.3 is 5.32 Å². The predicted octanol–water partition coefficient (Wildman–Crippen LogP) is 3.70. The van der Waals surface area contributed by atoms with Gasteiger partial charge in [0.05, 0.1) is 10.7 Å². The van der Waals surface area contributed by atoms with Crippen LogP contribution in [0, 0.1) is 6.92 Å². The molecule has 0 amide bonds. The maximum atomic E-state index is 6.03. The number of benzene rings is 1. The van der Waals surface area contributed by atoms with Crippen LogP contribution in [0.5, 0.6) is 0 Å². The molecule has 0 spiro atoms. The Morgan fingerprint density at radius 2 is 2.18 bits per heavy atom. The monoisotopic (exact) mass is 285 g/mol. The standard InChI is InChI=1S/C11H12ClN3S2/c1-8-14-15-11(17-8)16-7-6-13-10-5-3-2-4-9(10)12/h2-5,13H,6-7H2,1H3. The fourth-order valence-electron chi connectivity index (χ4n) is 1.27. The van der Waals surface area contributed by atoms with Crippen molar-refractivity contribution in [2.45, 2.75) is 11.3 Å². The number of nitrogens with one attached hydrogen (secondary N) is 1. The maximum Gasteiger partial charge on any atom is 0.174 e. The van der Waals surface area contributed by atoms with E-state index < -0.39 is 0 Å². The summed E-state index contributed by atoms with van der Waals surface area (Å²) in [6.07, 6.45) is 0. The molecule has 90 valence electrons. The molecule has 2 rings (SSSR count). The molecule has 1 heterocycles. The number of hydrogen-bond acceptors (Lipinski definition) is 5. The van der Waals surface area contributed by atoms with Crippen LogP contribution < -0.4 is 5.32 Å². The number of thioether (sulfide) groups is 1. The first-order valence-electron chi connectivity index (χ1n) is 5.17. The van der Waals surface area contributed by atoms with Gasteiger partial charge in [0.1, 0.15) is 5.01 Å². The highest BCUT2D eigenvalue weighted by Gasteiger charge is 2.01. The average Bonchev–Trinajstić information content (AvgIpc) is 2.73. The Balaban J connectivity index is 1.75. The van der Waals surface area contributed by atoms with Gasteiger partial charge in [-0.05, 0) is 19.1 Å². The van der Waals surface area contributed by atoms with Gasteiger partial charge in [0.25, 0.3) is 0 Å². The number of aromatic nitrogens is 2. The molecule has 0 aliphatic carbocycles. The van der Waals surface area contributed by atoms with Gasteiger partial charge in [0, 0.05) is 12.3 Å². The molecule has 3 nitrogen and oxygen atoms in total. The Morgan fingerprint density at radius 1 is 1.35 bits per heavy atom. The first-order chi connectivity index (χ1) is 8.25. The second-order valence-electron chi connectivity index (χ2n) is 3.34. The molecule has 0 saturated carbocycles. The third kappa shape index (κ3) is 3.87. The quantitative estimate of drug-likeness (QED) is 0.671. The third-order valence-corrected chi connectivity index (χ3v) is 4.33. The van der Waals surface area contributed by atoms with E-state index in [1.807, 2.05) is 31.2 Å². The van der Waals surface area contributed by atoms with Crippen molar-refractivity contribution >= 4 is 40.4 Å². The Morgan fingerprint density at radius 3 is 2.88 bits per heavy atom. The lowest BCUT2D eigenvalue weighted by Gasteiger charge is -2.06. The Labute approximate surface area is 114 Å². The topological polar surface area (TPSA) is 37.8 Å². The van der Waals surface area contributed by atoms with E-state index in [0.29, 0.717) is 0 Å². The van der Waals surface area contributed by atoms with Gasteiger partial charge in [-0.2, -0.15) is 0 Å². The highest BCUT2D eigenvalue weighted by molar-refractivity contribution is 8.01. The predicted molar refractivity (Wildman–Crippen MR) is 75.3 cm³/mol. The first kappa shape index (κ1) is 12.7. The summed E-state index contributed by atoms with van der Waals surface area (Å²) in [6.45, 7) is 2.82. The zero-order valence-electron chi connectivity index (χ0n) is 9.31. The van der Waals surface area contributed by atoms with Crippen molar-refractivity contribution in [1.29, 1.82) is 0 Å². The molecule has 0 fully saturated rings. The van der Waals surface area contributed by atoms with Gasteiger partial charge in [-0.3, -0.25) is 0 Å². The van der Waals surface area contributed by atoms with Gasteiger partial charge in [0.2, 0.25) is 0 Å². The molecule has 0 saturated heterocycles. The van der Waals surface area contributed by atoms with Gasteiger partial charge in [-0.1, -0.05) is 46.8 Å². The number of halogens is 1. The van der Waals surface area contributed by atoms with E-state index in [1.165, 1.54) is 0 Å². The highest BCUT2D eigenvalue weighted by atomic mass is 35.5. The minimum Gasteiger partial charge on any atom is -0.383 e. The summed E-state index contributed by atoms with van der Waals surface area (Å²) in [4.78, 5) is 0. The van der Waals surface area contributed by atoms with Crippen molar-refractivity contribution < 1.29 is 0 Å². The number of aryl methyl sites for hydroxylation is 1. The zero-order valence-corrected chi connectivity index (χ0v) is 11.7. The second kappa shape index (κ2) is 6.23. The third-order valence-electron chi connectivity index (χ3n) is 2.02. The fourth-order valence-corrected chi connectivity index (χ4v) is 3.21. The summed E-state index contributed by atoms with van der Waals surface area (Å²) >= 11 is 9.36. The Kier molecular flexibility index (Phi) is 4.65. The van der Waals surface area contributed by atoms with E-state index in [9.17, 15) is 0 Å². The summed E-state index contributed by atoms with van der Waals surface area (Å²) in [5.74, 6) is 0.944. The Hall–Kier alpha value is -0.780. The summed E-state index contributed by atoms with van der Waals surface area (Å²) in [5, 5.41) is 13.1. The lowest BCUT2D eigenvalue weighted by Crippen LogP contribution is -2.04. The largest absolute Gasteiger partial charge is 0.383 e. The summed E-state index contributed by atoms with van der Waals surface area (Å²) in [5.41, 5.74) is 0.975. The fraction of sp³-hybridized carbons (Fsp3) is 0.273. The lowest BCUT2D eigenvalue weighted by molar-refractivity contribution is 0.983. The molecule has 1 aromatic heterocycles. The molecule has 1 N–H and O–H groups in total. The number of para-hydroxylation sites is 1. The molecule has 0 aliphatic rings. The van der Waals surface area contributed by atoms with Gasteiger partial charge in [0.15, 0.2) is 4.34 Å². The molecular formula is C11H12ClN3S2. The minimum absolute atomic E-state index is 0.754. The maximum absolute atomic E-state index is 6.03. The first-order valence-corrected chi connectivity index (χ1v) is 7.35. The van der Waals surface area contributed by atoms with Gasteiger partial charge >= 0.3 is 0 Å². The molecule has 1 aromatic carbocycles. The van der Waals surface area contributed by atoms with Crippen LogP contribution in [-0.2, 0) is 0 Å².